The third-order valence-electron chi connectivity index (χ3n) is 3.21. The molecule has 0 spiro atoms. The summed E-state index contributed by atoms with van der Waals surface area (Å²) in [4.78, 5) is 22.7. The molecule has 10 heteroatoms. The van der Waals surface area contributed by atoms with E-state index in [1.165, 1.54) is 31.2 Å². The fraction of sp³-hybridized carbons (Fsp3) is 0.267. The van der Waals surface area contributed by atoms with Crippen molar-refractivity contribution in [2.45, 2.75) is 25.6 Å². The van der Waals surface area contributed by atoms with Crippen molar-refractivity contribution in [1.82, 2.24) is 15.1 Å². The molecule has 0 saturated carbocycles. The van der Waals surface area contributed by atoms with Crippen LogP contribution in [0.1, 0.15) is 29.4 Å². The van der Waals surface area contributed by atoms with Crippen LogP contribution in [0.5, 0.6) is 0 Å². The number of amides is 1. The molecule has 1 atom stereocenters. The topological polar surface area (TPSA) is 84.2 Å². The summed E-state index contributed by atoms with van der Waals surface area (Å²) in [7, 11) is 0. The van der Waals surface area contributed by atoms with Gasteiger partial charge in [-0.2, -0.15) is 18.3 Å². The number of aliphatic carboxylic acids is 1. The summed E-state index contributed by atoms with van der Waals surface area (Å²) in [6.07, 6.45) is -4.47. The van der Waals surface area contributed by atoms with Crippen LogP contribution in [0, 0.1) is 0 Å². The molecule has 6 nitrogen and oxygen atoms in total. The maximum absolute atomic E-state index is 13.5. The fourth-order valence-corrected chi connectivity index (χ4v) is 2.31. The van der Waals surface area contributed by atoms with Crippen molar-refractivity contribution in [3.63, 3.8) is 0 Å². The van der Waals surface area contributed by atoms with Gasteiger partial charge in [-0.05, 0) is 31.2 Å². The van der Waals surface area contributed by atoms with Gasteiger partial charge in [-0.25, -0.2) is 4.68 Å². The van der Waals surface area contributed by atoms with Crippen LogP contribution in [0.15, 0.2) is 30.5 Å². The lowest BCUT2D eigenvalue weighted by Gasteiger charge is -2.14. The molecule has 0 bridgehead atoms. The van der Waals surface area contributed by atoms with E-state index in [2.05, 4.69) is 10.4 Å². The first-order valence-electron chi connectivity index (χ1n) is 7.03. The number of carbonyl (C=O) groups is 2. The normalized spacial score (nSPS) is 12.7. The first-order valence-corrected chi connectivity index (χ1v) is 7.41. The third kappa shape index (κ3) is 4.50. The molecule has 2 rings (SSSR count). The predicted molar refractivity (Wildman–Crippen MR) is 82.8 cm³/mol. The van der Waals surface area contributed by atoms with Gasteiger partial charge in [-0.3, -0.25) is 9.59 Å². The van der Waals surface area contributed by atoms with Crippen LogP contribution in [-0.4, -0.2) is 32.8 Å². The average Bonchev–Trinajstić information content (AvgIpc) is 2.92. The summed E-state index contributed by atoms with van der Waals surface area (Å²) in [6.45, 7) is 1.38. The third-order valence-corrected chi connectivity index (χ3v) is 3.46. The second kappa shape index (κ2) is 7.14. The Kier molecular flexibility index (Phi) is 5.36. The summed E-state index contributed by atoms with van der Waals surface area (Å²) in [5.41, 5.74) is -1.87. The Morgan fingerprint density at radius 2 is 1.92 bits per heavy atom. The van der Waals surface area contributed by atoms with E-state index in [0.29, 0.717) is 9.70 Å². The number of halogens is 4. The number of rotatable bonds is 5. The highest BCUT2D eigenvalue weighted by Gasteiger charge is 2.40. The molecule has 0 saturated heterocycles. The van der Waals surface area contributed by atoms with Crippen molar-refractivity contribution in [2.24, 2.45) is 0 Å². The van der Waals surface area contributed by atoms with Gasteiger partial charge >= 0.3 is 12.1 Å². The van der Waals surface area contributed by atoms with E-state index in [4.69, 9.17) is 16.7 Å². The van der Waals surface area contributed by atoms with Crippen molar-refractivity contribution >= 4 is 23.5 Å². The fourth-order valence-electron chi connectivity index (χ4n) is 2.18. The Bertz CT molecular complexity index is 788. The summed E-state index contributed by atoms with van der Waals surface area (Å²) >= 11 is 5.72. The molecular weight excluding hydrogens is 363 g/mol. The van der Waals surface area contributed by atoms with Gasteiger partial charge in [0.1, 0.15) is 0 Å². The number of alkyl halides is 3. The highest BCUT2D eigenvalue weighted by molar-refractivity contribution is 6.30. The van der Waals surface area contributed by atoms with Crippen LogP contribution in [-0.2, 0) is 11.0 Å². The van der Waals surface area contributed by atoms with Crippen LogP contribution in [0.3, 0.4) is 0 Å². The number of aromatic nitrogens is 2. The minimum absolute atomic E-state index is 0.0781. The summed E-state index contributed by atoms with van der Waals surface area (Å²) < 4.78 is 41.0. The second-order valence-corrected chi connectivity index (χ2v) is 5.70. The van der Waals surface area contributed by atoms with Crippen LogP contribution >= 0.6 is 11.6 Å². The SMILES string of the molecule is CC(CC(=O)O)NC(=O)c1cnn(-c2ccc(Cl)cc2)c1C(F)(F)F. The first-order chi connectivity index (χ1) is 11.6. The van der Waals surface area contributed by atoms with E-state index in [1.54, 1.807) is 0 Å². The minimum Gasteiger partial charge on any atom is -0.481 e. The largest absolute Gasteiger partial charge is 0.481 e. The molecule has 25 heavy (non-hydrogen) atoms. The van der Waals surface area contributed by atoms with E-state index in [1.807, 2.05) is 0 Å². The van der Waals surface area contributed by atoms with E-state index < -0.39 is 41.8 Å². The Morgan fingerprint density at radius 3 is 2.44 bits per heavy atom. The molecule has 1 unspecified atom stereocenters. The molecule has 0 aliphatic heterocycles. The number of carbonyl (C=O) groups excluding carboxylic acids is 1. The Balaban J connectivity index is 2.41. The average molecular weight is 376 g/mol. The number of benzene rings is 1. The Labute approximate surface area is 145 Å². The van der Waals surface area contributed by atoms with Crippen molar-refractivity contribution in [3.8, 4) is 5.69 Å². The van der Waals surface area contributed by atoms with Crippen molar-refractivity contribution < 1.29 is 27.9 Å². The van der Waals surface area contributed by atoms with Gasteiger partial charge in [-0.1, -0.05) is 11.6 Å². The van der Waals surface area contributed by atoms with E-state index >= 15 is 0 Å². The number of nitrogens with one attached hydrogen (secondary N) is 1. The Morgan fingerprint density at radius 1 is 1.32 bits per heavy atom. The van der Waals surface area contributed by atoms with Crippen molar-refractivity contribution in [1.29, 1.82) is 0 Å². The van der Waals surface area contributed by atoms with Gasteiger partial charge in [0.2, 0.25) is 0 Å². The minimum atomic E-state index is -4.85. The quantitative estimate of drug-likeness (QED) is 0.841. The van der Waals surface area contributed by atoms with Crippen LogP contribution in [0.25, 0.3) is 5.69 Å². The van der Waals surface area contributed by atoms with Gasteiger partial charge in [0.15, 0.2) is 5.69 Å². The van der Waals surface area contributed by atoms with Crippen LogP contribution in [0.2, 0.25) is 5.02 Å². The monoisotopic (exact) mass is 375 g/mol. The maximum Gasteiger partial charge on any atom is 0.434 e. The zero-order valence-electron chi connectivity index (χ0n) is 12.8. The second-order valence-electron chi connectivity index (χ2n) is 5.27. The summed E-state index contributed by atoms with van der Waals surface area (Å²) in [5.74, 6) is -2.23. The highest BCUT2D eigenvalue weighted by Crippen LogP contribution is 2.33. The van der Waals surface area contributed by atoms with Gasteiger partial charge in [0, 0.05) is 11.1 Å². The molecule has 2 aromatic rings. The molecule has 0 aliphatic rings. The molecule has 1 aromatic carbocycles. The molecule has 0 radical (unpaired) electrons. The Hall–Kier alpha value is -2.55. The van der Waals surface area contributed by atoms with Gasteiger partial charge in [0.05, 0.1) is 23.9 Å². The highest BCUT2D eigenvalue weighted by atomic mass is 35.5. The van der Waals surface area contributed by atoms with Gasteiger partial charge in [0.25, 0.3) is 5.91 Å². The predicted octanol–water partition coefficient (Wildman–Crippen LogP) is 3.14. The first kappa shape index (κ1) is 18.8. The van der Waals surface area contributed by atoms with Gasteiger partial charge < -0.3 is 10.4 Å². The molecule has 134 valence electrons. The molecular formula is C15H13ClF3N3O3. The van der Waals surface area contributed by atoms with Crippen LogP contribution < -0.4 is 5.32 Å². The summed E-state index contributed by atoms with van der Waals surface area (Å²) in [6, 6.07) is 4.62. The number of hydrogen-bond acceptors (Lipinski definition) is 3. The lowest BCUT2D eigenvalue weighted by atomic mass is 10.2. The number of carboxylic acid groups (broad SMARTS) is 1. The van der Waals surface area contributed by atoms with Gasteiger partial charge in [-0.15, -0.1) is 0 Å². The molecule has 2 N–H and O–H groups in total. The summed E-state index contributed by atoms with van der Waals surface area (Å²) in [5, 5.41) is 14.9. The van der Waals surface area contributed by atoms with E-state index in [-0.39, 0.29) is 5.69 Å². The zero-order chi connectivity index (χ0) is 18.8. The van der Waals surface area contributed by atoms with Crippen molar-refractivity contribution in [3.05, 3.63) is 46.7 Å². The molecule has 1 aromatic heterocycles. The standard InChI is InChI=1S/C15H13ClF3N3O3/c1-8(6-12(23)24)21-14(25)11-7-20-22(13(11)15(17,18)19)10-4-2-9(16)3-5-10/h2-5,7-8H,6H2,1H3,(H,21,25)(H,23,24). The smallest absolute Gasteiger partial charge is 0.434 e. The molecule has 1 amide bonds. The molecule has 0 fully saturated rings. The molecule has 1 heterocycles. The van der Waals surface area contributed by atoms with E-state index in [0.717, 1.165) is 6.20 Å². The number of carboxylic acids is 1. The maximum atomic E-state index is 13.5. The van der Waals surface area contributed by atoms with Crippen molar-refractivity contribution in [2.75, 3.05) is 0 Å². The lowest BCUT2D eigenvalue weighted by Crippen LogP contribution is -2.35. The number of hydrogen-bond donors (Lipinski definition) is 2. The number of nitrogens with zero attached hydrogens (tertiary/aromatic N) is 2. The zero-order valence-corrected chi connectivity index (χ0v) is 13.6. The molecule has 0 aliphatic carbocycles. The lowest BCUT2D eigenvalue weighted by molar-refractivity contribution is -0.143. The van der Waals surface area contributed by atoms with Crippen LogP contribution in [0.4, 0.5) is 13.2 Å². The van der Waals surface area contributed by atoms with E-state index in [9.17, 15) is 22.8 Å².